The zero-order valence-electron chi connectivity index (χ0n) is 8.20. The Morgan fingerprint density at radius 1 is 1.22 bits per heavy atom. The van der Waals surface area contributed by atoms with Crippen LogP contribution in [0.5, 0.6) is 0 Å². The van der Waals surface area contributed by atoms with Crippen molar-refractivity contribution in [1.82, 2.24) is 5.32 Å². The third kappa shape index (κ3) is 2.62. The van der Waals surface area contributed by atoms with Gasteiger partial charge in [0.2, 0.25) is 0 Å². The minimum Gasteiger partial charge on any atom is -0.424 e. The Hall–Kier alpha value is -0.410. The molecule has 106 valence electrons. The fourth-order valence-electron chi connectivity index (χ4n) is 1.33. The summed E-state index contributed by atoms with van der Waals surface area (Å²) in [4.78, 5) is 9.70. The topological polar surface area (TPSA) is 38.3 Å². The standard InChI is InChI=1S/C7H5Cl2F6NO2/c8-3(9)1-2-4(17)18-5(16-2,6(10,11)12)7(13,14)15/h2-3,16H,1H2. The van der Waals surface area contributed by atoms with E-state index in [4.69, 9.17) is 23.2 Å². The number of ether oxygens (including phenoxy) is 1. The van der Waals surface area contributed by atoms with Gasteiger partial charge in [-0.3, -0.25) is 10.1 Å². The minimum atomic E-state index is -5.86. The van der Waals surface area contributed by atoms with Gasteiger partial charge in [-0.1, -0.05) is 0 Å². The van der Waals surface area contributed by atoms with Gasteiger partial charge in [-0.25, -0.2) is 0 Å². The Morgan fingerprint density at radius 2 is 1.67 bits per heavy atom. The summed E-state index contributed by atoms with van der Waals surface area (Å²) in [7, 11) is 0. The van der Waals surface area contributed by atoms with Crippen LogP contribution in [0.1, 0.15) is 6.42 Å². The van der Waals surface area contributed by atoms with Crippen molar-refractivity contribution in [1.29, 1.82) is 0 Å². The first-order valence-corrected chi connectivity index (χ1v) is 5.20. The fourth-order valence-corrected chi connectivity index (χ4v) is 1.69. The van der Waals surface area contributed by atoms with E-state index in [0.717, 1.165) is 5.32 Å². The number of rotatable bonds is 2. The molecule has 0 amide bonds. The Labute approximate surface area is 106 Å². The van der Waals surface area contributed by atoms with E-state index in [2.05, 4.69) is 4.74 Å². The van der Waals surface area contributed by atoms with Gasteiger partial charge in [-0.15, -0.1) is 23.2 Å². The molecular formula is C7H5Cl2F6NO2. The van der Waals surface area contributed by atoms with Crippen molar-refractivity contribution in [2.45, 2.75) is 35.4 Å². The minimum absolute atomic E-state index is 0.643. The Balaban J connectivity index is 3.08. The van der Waals surface area contributed by atoms with Crippen LogP contribution < -0.4 is 5.32 Å². The molecule has 1 atom stereocenters. The number of cyclic esters (lactones) is 1. The molecule has 1 aliphatic heterocycles. The molecule has 0 aromatic carbocycles. The number of nitrogens with one attached hydrogen (secondary N) is 1. The molecule has 0 saturated carbocycles. The summed E-state index contributed by atoms with van der Waals surface area (Å²) >= 11 is 10.4. The molecule has 1 fully saturated rings. The molecule has 11 heteroatoms. The SMILES string of the molecule is O=C1OC(C(F)(F)F)(C(F)(F)F)NC1CC(Cl)Cl. The van der Waals surface area contributed by atoms with Gasteiger partial charge in [0.1, 0.15) is 10.9 Å². The fraction of sp³-hybridized carbons (Fsp3) is 0.857. The van der Waals surface area contributed by atoms with Gasteiger partial charge in [0.25, 0.3) is 0 Å². The molecule has 0 spiro atoms. The maximum Gasteiger partial charge on any atom is 0.452 e. The molecule has 0 aromatic rings. The van der Waals surface area contributed by atoms with Crippen LogP contribution in [-0.2, 0) is 9.53 Å². The van der Waals surface area contributed by atoms with E-state index in [9.17, 15) is 31.1 Å². The van der Waals surface area contributed by atoms with Gasteiger partial charge in [-0.05, 0) is 0 Å². The largest absolute Gasteiger partial charge is 0.452 e. The highest BCUT2D eigenvalue weighted by atomic mass is 35.5. The van der Waals surface area contributed by atoms with Crippen LogP contribution in [0, 0.1) is 0 Å². The van der Waals surface area contributed by atoms with E-state index < -0.39 is 41.3 Å². The highest BCUT2D eigenvalue weighted by Crippen LogP contribution is 2.47. The van der Waals surface area contributed by atoms with E-state index >= 15 is 0 Å². The molecule has 1 heterocycles. The van der Waals surface area contributed by atoms with Crippen molar-refractivity contribution in [3.8, 4) is 0 Å². The molecule has 0 aliphatic carbocycles. The lowest BCUT2D eigenvalue weighted by molar-refractivity contribution is -0.369. The average molecular weight is 320 g/mol. The second kappa shape index (κ2) is 4.61. The summed E-state index contributed by atoms with van der Waals surface area (Å²) in [5, 5.41) is 1.07. The summed E-state index contributed by atoms with van der Waals surface area (Å²) in [6, 6.07) is -1.88. The highest BCUT2D eigenvalue weighted by molar-refractivity contribution is 6.44. The lowest BCUT2D eigenvalue weighted by Crippen LogP contribution is -2.65. The maximum atomic E-state index is 12.5. The van der Waals surface area contributed by atoms with Crippen LogP contribution in [-0.4, -0.2) is 34.9 Å². The van der Waals surface area contributed by atoms with Crippen LogP contribution in [0.15, 0.2) is 0 Å². The monoisotopic (exact) mass is 319 g/mol. The molecule has 0 bridgehead atoms. The van der Waals surface area contributed by atoms with Crippen molar-refractivity contribution in [2.75, 3.05) is 0 Å². The number of carbonyl (C=O) groups is 1. The van der Waals surface area contributed by atoms with Crippen LogP contribution in [0.4, 0.5) is 26.3 Å². The second-order valence-electron chi connectivity index (χ2n) is 3.42. The number of halogens is 8. The van der Waals surface area contributed by atoms with Gasteiger partial charge >= 0.3 is 24.0 Å². The quantitative estimate of drug-likeness (QED) is 0.483. The Bertz CT molecular complexity index is 328. The molecule has 0 aromatic heterocycles. The predicted octanol–water partition coefficient (Wildman–Crippen LogP) is 2.52. The first-order chi connectivity index (χ1) is 7.91. The van der Waals surface area contributed by atoms with E-state index in [0.29, 0.717) is 0 Å². The molecule has 0 radical (unpaired) electrons. The van der Waals surface area contributed by atoms with Gasteiger partial charge in [0, 0.05) is 6.42 Å². The smallest absolute Gasteiger partial charge is 0.424 e. The number of hydrogen-bond donors (Lipinski definition) is 1. The van der Waals surface area contributed by atoms with Crippen molar-refractivity contribution < 1.29 is 35.9 Å². The third-order valence-corrected chi connectivity index (χ3v) is 2.48. The normalized spacial score (nSPS) is 24.5. The lowest BCUT2D eigenvalue weighted by atomic mass is 10.1. The first kappa shape index (κ1) is 15.6. The molecule has 1 N–H and O–H groups in total. The van der Waals surface area contributed by atoms with Crippen LogP contribution >= 0.6 is 23.2 Å². The molecule has 1 rings (SSSR count). The second-order valence-corrected chi connectivity index (χ2v) is 4.70. The van der Waals surface area contributed by atoms with Gasteiger partial charge in [0.15, 0.2) is 0 Å². The summed E-state index contributed by atoms with van der Waals surface area (Å²) in [5.74, 6) is -1.71. The van der Waals surface area contributed by atoms with Crippen LogP contribution in [0.2, 0.25) is 0 Å². The Kier molecular flexibility index (Phi) is 4.00. The van der Waals surface area contributed by atoms with Crippen molar-refractivity contribution in [3.05, 3.63) is 0 Å². The molecule has 1 saturated heterocycles. The molecule has 18 heavy (non-hydrogen) atoms. The average Bonchev–Trinajstić information content (AvgIpc) is 2.41. The van der Waals surface area contributed by atoms with E-state index in [1.54, 1.807) is 0 Å². The lowest BCUT2D eigenvalue weighted by Gasteiger charge is -2.31. The molecular weight excluding hydrogens is 315 g/mol. The number of alkyl halides is 8. The van der Waals surface area contributed by atoms with E-state index in [-0.39, 0.29) is 0 Å². The number of hydrogen-bond acceptors (Lipinski definition) is 3. The summed E-state index contributed by atoms with van der Waals surface area (Å²) in [5.41, 5.74) is -4.72. The third-order valence-electron chi connectivity index (χ3n) is 2.13. The predicted molar refractivity (Wildman–Crippen MR) is 48.0 cm³/mol. The van der Waals surface area contributed by atoms with Gasteiger partial charge < -0.3 is 4.74 Å². The summed E-state index contributed by atoms with van der Waals surface area (Å²) < 4.78 is 78.3. The highest BCUT2D eigenvalue weighted by Gasteiger charge is 2.78. The zero-order valence-corrected chi connectivity index (χ0v) is 9.71. The van der Waals surface area contributed by atoms with Crippen LogP contribution in [0.3, 0.4) is 0 Å². The molecule has 3 nitrogen and oxygen atoms in total. The number of carbonyl (C=O) groups excluding carboxylic acids is 1. The summed E-state index contributed by atoms with van der Waals surface area (Å²) in [6.07, 6.45) is -12.4. The van der Waals surface area contributed by atoms with Crippen molar-refractivity contribution in [3.63, 3.8) is 0 Å². The van der Waals surface area contributed by atoms with Crippen molar-refractivity contribution in [2.24, 2.45) is 0 Å². The first-order valence-electron chi connectivity index (χ1n) is 4.33. The van der Waals surface area contributed by atoms with Gasteiger partial charge in [-0.2, -0.15) is 26.3 Å². The van der Waals surface area contributed by atoms with E-state index in [1.807, 2.05) is 0 Å². The van der Waals surface area contributed by atoms with Gasteiger partial charge in [0.05, 0.1) is 0 Å². The zero-order chi connectivity index (χ0) is 14.4. The van der Waals surface area contributed by atoms with Crippen LogP contribution in [0.25, 0.3) is 0 Å². The molecule has 1 unspecified atom stereocenters. The van der Waals surface area contributed by atoms with Crippen molar-refractivity contribution >= 4 is 29.2 Å². The Morgan fingerprint density at radius 3 is 1.94 bits per heavy atom. The maximum absolute atomic E-state index is 12.5. The van der Waals surface area contributed by atoms with E-state index in [1.165, 1.54) is 0 Å². The molecule has 1 aliphatic rings. The summed E-state index contributed by atoms with van der Waals surface area (Å²) in [6.45, 7) is 0. The number of esters is 1.